The smallest absolute Gasteiger partial charge is 0.0974 e. The molecule has 0 fully saturated rings. The summed E-state index contributed by atoms with van der Waals surface area (Å²) in [5.41, 5.74) is 0.851. The number of alkyl halides is 1. The van der Waals surface area contributed by atoms with E-state index in [9.17, 15) is 0 Å². The van der Waals surface area contributed by atoms with Crippen molar-refractivity contribution in [2.45, 2.75) is 38.6 Å². The van der Waals surface area contributed by atoms with Gasteiger partial charge in [-0.2, -0.15) is 0 Å². The molecule has 0 bridgehead atoms. The monoisotopic (exact) mass is 187 g/mol. The zero-order valence-electron chi connectivity index (χ0n) is 7.50. The SMILES string of the molecule is CCC(CC)n1cc(CCl)nn1. The van der Waals surface area contributed by atoms with Gasteiger partial charge in [0.1, 0.15) is 0 Å². The Morgan fingerprint density at radius 2 is 2.17 bits per heavy atom. The lowest BCUT2D eigenvalue weighted by Gasteiger charge is -2.10. The molecule has 0 aliphatic rings. The molecule has 0 radical (unpaired) electrons. The summed E-state index contributed by atoms with van der Waals surface area (Å²) in [6, 6.07) is 0.467. The lowest BCUT2D eigenvalue weighted by atomic mass is 10.2. The predicted molar refractivity (Wildman–Crippen MR) is 49.2 cm³/mol. The average molecular weight is 188 g/mol. The molecule has 0 aromatic carbocycles. The molecule has 1 aromatic heterocycles. The van der Waals surface area contributed by atoms with E-state index in [4.69, 9.17) is 11.6 Å². The van der Waals surface area contributed by atoms with Crippen LogP contribution in [0.2, 0.25) is 0 Å². The van der Waals surface area contributed by atoms with Gasteiger partial charge in [-0.05, 0) is 12.8 Å². The molecule has 3 nitrogen and oxygen atoms in total. The van der Waals surface area contributed by atoms with Crippen molar-refractivity contribution in [3.63, 3.8) is 0 Å². The minimum absolute atomic E-state index is 0.445. The van der Waals surface area contributed by atoms with Crippen molar-refractivity contribution >= 4 is 11.6 Å². The molecule has 0 aliphatic heterocycles. The van der Waals surface area contributed by atoms with Crippen LogP contribution in [0.25, 0.3) is 0 Å². The molecule has 0 spiro atoms. The number of hydrogen-bond donors (Lipinski definition) is 0. The van der Waals surface area contributed by atoms with Crippen molar-refractivity contribution in [1.29, 1.82) is 0 Å². The molecule has 68 valence electrons. The van der Waals surface area contributed by atoms with Gasteiger partial charge < -0.3 is 0 Å². The van der Waals surface area contributed by atoms with Crippen LogP contribution in [-0.4, -0.2) is 15.0 Å². The summed E-state index contributed by atoms with van der Waals surface area (Å²) in [7, 11) is 0. The Hall–Kier alpha value is -0.570. The van der Waals surface area contributed by atoms with E-state index in [1.165, 1.54) is 0 Å². The summed E-state index contributed by atoms with van der Waals surface area (Å²) >= 11 is 5.62. The van der Waals surface area contributed by atoms with E-state index in [0.717, 1.165) is 18.5 Å². The predicted octanol–water partition coefficient (Wildman–Crippen LogP) is 2.38. The van der Waals surface area contributed by atoms with E-state index >= 15 is 0 Å². The van der Waals surface area contributed by atoms with Gasteiger partial charge >= 0.3 is 0 Å². The molecular weight excluding hydrogens is 174 g/mol. The summed E-state index contributed by atoms with van der Waals surface area (Å²) in [6.07, 6.45) is 4.09. The normalized spacial score (nSPS) is 11.0. The lowest BCUT2D eigenvalue weighted by molar-refractivity contribution is 0.418. The van der Waals surface area contributed by atoms with Crippen LogP contribution in [0, 0.1) is 0 Å². The molecule has 0 saturated carbocycles. The highest BCUT2D eigenvalue weighted by Crippen LogP contribution is 2.13. The van der Waals surface area contributed by atoms with E-state index < -0.39 is 0 Å². The number of rotatable bonds is 4. The van der Waals surface area contributed by atoms with Crippen molar-refractivity contribution in [2.75, 3.05) is 0 Å². The van der Waals surface area contributed by atoms with E-state index in [1.54, 1.807) is 0 Å². The third kappa shape index (κ3) is 1.97. The van der Waals surface area contributed by atoms with Crippen molar-refractivity contribution in [1.82, 2.24) is 15.0 Å². The van der Waals surface area contributed by atoms with Gasteiger partial charge in [-0.1, -0.05) is 19.1 Å². The van der Waals surface area contributed by atoms with E-state index in [0.29, 0.717) is 11.9 Å². The maximum absolute atomic E-state index is 5.62. The molecule has 4 heteroatoms. The van der Waals surface area contributed by atoms with Crippen LogP contribution in [-0.2, 0) is 5.88 Å². The van der Waals surface area contributed by atoms with Gasteiger partial charge in [0.15, 0.2) is 0 Å². The molecule has 0 saturated heterocycles. The van der Waals surface area contributed by atoms with Gasteiger partial charge in [-0.25, -0.2) is 4.68 Å². The van der Waals surface area contributed by atoms with Gasteiger partial charge in [0.25, 0.3) is 0 Å². The molecule has 1 rings (SSSR count). The van der Waals surface area contributed by atoms with Crippen molar-refractivity contribution in [3.8, 4) is 0 Å². The molecule has 1 heterocycles. The molecule has 0 amide bonds. The number of nitrogens with zero attached hydrogens (tertiary/aromatic N) is 3. The first-order valence-corrected chi connectivity index (χ1v) is 4.81. The van der Waals surface area contributed by atoms with Crippen LogP contribution in [0.1, 0.15) is 38.4 Å². The second-order valence-electron chi connectivity index (χ2n) is 2.79. The van der Waals surface area contributed by atoms with Crippen LogP contribution in [0.4, 0.5) is 0 Å². The van der Waals surface area contributed by atoms with Crippen molar-refractivity contribution < 1.29 is 0 Å². The molecule has 0 unspecified atom stereocenters. The van der Waals surface area contributed by atoms with Gasteiger partial charge in [-0.15, -0.1) is 16.7 Å². The Morgan fingerprint density at radius 3 is 2.58 bits per heavy atom. The van der Waals surface area contributed by atoms with Gasteiger partial charge in [0.2, 0.25) is 0 Å². The average Bonchev–Trinajstić information content (AvgIpc) is 2.55. The Balaban J connectivity index is 2.72. The highest BCUT2D eigenvalue weighted by molar-refractivity contribution is 6.16. The molecule has 0 atom stereocenters. The summed E-state index contributed by atoms with van der Waals surface area (Å²) in [4.78, 5) is 0. The first-order valence-electron chi connectivity index (χ1n) is 4.28. The third-order valence-corrected chi connectivity index (χ3v) is 2.29. The fraction of sp³-hybridized carbons (Fsp3) is 0.750. The van der Waals surface area contributed by atoms with Gasteiger partial charge in [-0.3, -0.25) is 0 Å². The summed E-state index contributed by atoms with van der Waals surface area (Å²) in [5.74, 6) is 0.445. The molecule has 12 heavy (non-hydrogen) atoms. The Morgan fingerprint density at radius 1 is 1.50 bits per heavy atom. The lowest BCUT2D eigenvalue weighted by Crippen LogP contribution is -2.07. The first kappa shape index (κ1) is 9.52. The minimum Gasteiger partial charge on any atom is -0.249 e. The number of halogens is 1. The maximum atomic E-state index is 5.62. The summed E-state index contributed by atoms with van der Waals surface area (Å²) in [5, 5.41) is 7.94. The van der Waals surface area contributed by atoms with Gasteiger partial charge in [0.05, 0.1) is 17.6 Å². The Kier molecular flexibility index (Phi) is 3.53. The Bertz CT molecular complexity index is 230. The molecular formula is C8H14ClN3. The highest BCUT2D eigenvalue weighted by Gasteiger charge is 2.07. The van der Waals surface area contributed by atoms with E-state index in [2.05, 4.69) is 24.2 Å². The second-order valence-corrected chi connectivity index (χ2v) is 3.06. The van der Waals surface area contributed by atoms with Crippen LogP contribution < -0.4 is 0 Å². The van der Waals surface area contributed by atoms with E-state index in [-0.39, 0.29) is 0 Å². The topological polar surface area (TPSA) is 30.7 Å². The standard InChI is InChI=1S/C8H14ClN3/c1-3-8(4-2)12-6-7(5-9)10-11-12/h6,8H,3-5H2,1-2H3. The number of aromatic nitrogens is 3. The van der Waals surface area contributed by atoms with Gasteiger partial charge in [0, 0.05) is 6.20 Å². The van der Waals surface area contributed by atoms with Crippen LogP contribution in [0.5, 0.6) is 0 Å². The molecule has 1 aromatic rings. The quantitative estimate of drug-likeness (QED) is 0.678. The fourth-order valence-electron chi connectivity index (χ4n) is 1.22. The maximum Gasteiger partial charge on any atom is 0.0974 e. The minimum atomic E-state index is 0.445. The van der Waals surface area contributed by atoms with Crippen LogP contribution in [0.3, 0.4) is 0 Å². The Labute approximate surface area is 77.7 Å². The highest BCUT2D eigenvalue weighted by atomic mass is 35.5. The number of hydrogen-bond acceptors (Lipinski definition) is 2. The fourth-order valence-corrected chi connectivity index (χ4v) is 1.34. The second kappa shape index (κ2) is 4.45. The van der Waals surface area contributed by atoms with E-state index in [1.807, 2.05) is 10.9 Å². The van der Waals surface area contributed by atoms with Crippen molar-refractivity contribution in [2.24, 2.45) is 0 Å². The van der Waals surface area contributed by atoms with Crippen LogP contribution >= 0.6 is 11.6 Å². The molecule has 0 N–H and O–H groups in total. The summed E-state index contributed by atoms with van der Waals surface area (Å²) in [6.45, 7) is 4.30. The van der Waals surface area contributed by atoms with Crippen molar-refractivity contribution in [3.05, 3.63) is 11.9 Å². The third-order valence-electron chi connectivity index (χ3n) is 2.01. The zero-order chi connectivity index (χ0) is 8.97. The largest absolute Gasteiger partial charge is 0.249 e. The summed E-state index contributed by atoms with van der Waals surface area (Å²) < 4.78 is 1.90. The zero-order valence-corrected chi connectivity index (χ0v) is 8.25. The first-order chi connectivity index (χ1) is 5.81. The molecule has 0 aliphatic carbocycles. The van der Waals surface area contributed by atoms with Crippen LogP contribution in [0.15, 0.2) is 6.20 Å².